The fraction of sp³-hybridized carbons (Fsp3) is 0.242. The summed E-state index contributed by atoms with van der Waals surface area (Å²) in [5.41, 5.74) is 5.98. The van der Waals surface area contributed by atoms with E-state index in [1.807, 2.05) is 86.6 Å². The van der Waals surface area contributed by atoms with Crippen LogP contribution in [0.3, 0.4) is 0 Å². The molecule has 4 aromatic rings. The van der Waals surface area contributed by atoms with E-state index in [2.05, 4.69) is 23.7 Å². The number of nitrogens with zero attached hydrogens (tertiary/aromatic N) is 3. The number of ketones is 1. The third-order valence-electron chi connectivity index (χ3n) is 7.65. The van der Waals surface area contributed by atoms with Crippen LogP contribution in [0.1, 0.15) is 51.9 Å². The van der Waals surface area contributed by atoms with E-state index < -0.39 is 17.7 Å². The molecule has 7 heteroatoms. The number of rotatable bonds is 8. The number of aryl methyl sites for hydroxylation is 2. The van der Waals surface area contributed by atoms with Crippen LogP contribution in [-0.4, -0.2) is 34.9 Å². The molecule has 0 saturated heterocycles. The maximum atomic E-state index is 14.2. The first-order valence-electron chi connectivity index (χ1n) is 13.5. The van der Waals surface area contributed by atoms with Gasteiger partial charge in [-0.2, -0.15) is 0 Å². The monoisotopic (exact) mass is 551 g/mol. The van der Waals surface area contributed by atoms with Crippen molar-refractivity contribution in [1.82, 2.24) is 4.98 Å². The van der Waals surface area contributed by atoms with Crippen molar-refractivity contribution in [2.24, 2.45) is 0 Å². The van der Waals surface area contributed by atoms with E-state index in [1.165, 1.54) is 11.3 Å². The molecule has 1 atom stereocenters. The highest BCUT2D eigenvalue weighted by atomic mass is 32.1. The first-order chi connectivity index (χ1) is 19.3. The van der Waals surface area contributed by atoms with Gasteiger partial charge in [0.05, 0.1) is 22.2 Å². The van der Waals surface area contributed by atoms with Gasteiger partial charge in [0.1, 0.15) is 5.01 Å². The molecule has 0 radical (unpaired) electrons. The predicted molar refractivity (Wildman–Crippen MR) is 162 cm³/mol. The second kappa shape index (κ2) is 11.1. The van der Waals surface area contributed by atoms with E-state index in [4.69, 9.17) is 0 Å². The minimum absolute atomic E-state index is 0.0767. The van der Waals surface area contributed by atoms with Gasteiger partial charge in [0.2, 0.25) is 5.78 Å². The number of hydrogen-bond donors (Lipinski definition) is 1. The van der Waals surface area contributed by atoms with Crippen LogP contribution < -0.4 is 9.80 Å². The number of carbonyl (C=O) groups excluding carboxylic acids is 2. The van der Waals surface area contributed by atoms with Crippen LogP contribution in [0.5, 0.6) is 0 Å². The molecule has 1 aromatic heterocycles. The molecule has 2 heterocycles. The predicted octanol–water partition coefficient (Wildman–Crippen LogP) is 7.36. The van der Waals surface area contributed by atoms with Gasteiger partial charge in [-0.25, -0.2) is 4.98 Å². The van der Waals surface area contributed by atoms with E-state index in [1.54, 1.807) is 11.8 Å². The Morgan fingerprint density at radius 1 is 0.950 bits per heavy atom. The maximum Gasteiger partial charge on any atom is 0.294 e. The van der Waals surface area contributed by atoms with Crippen molar-refractivity contribution in [1.29, 1.82) is 0 Å². The summed E-state index contributed by atoms with van der Waals surface area (Å²) in [6, 6.07) is 22.6. The lowest BCUT2D eigenvalue weighted by molar-refractivity contribution is -0.117. The Morgan fingerprint density at radius 2 is 1.62 bits per heavy atom. The minimum atomic E-state index is -0.784. The number of aliphatic hydroxyl groups is 1. The minimum Gasteiger partial charge on any atom is -0.503 e. The van der Waals surface area contributed by atoms with Crippen molar-refractivity contribution < 1.29 is 14.7 Å². The van der Waals surface area contributed by atoms with Gasteiger partial charge in [0.15, 0.2) is 5.76 Å². The molecule has 3 aromatic carbocycles. The highest BCUT2D eigenvalue weighted by Gasteiger charge is 2.45. The van der Waals surface area contributed by atoms with Gasteiger partial charge in [-0.3, -0.25) is 14.5 Å². The second-order valence-corrected chi connectivity index (χ2v) is 11.0. The van der Waals surface area contributed by atoms with E-state index in [-0.39, 0.29) is 11.4 Å². The van der Waals surface area contributed by atoms with Crippen molar-refractivity contribution in [2.75, 3.05) is 22.9 Å². The number of carbonyl (C=O) groups is 2. The van der Waals surface area contributed by atoms with Gasteiger partial charge in [0, 0.05) is 30.0 Å². The highest BCUT2D eigenvalue weighted by Crippen LogP contribution is 2.44. The number of benzene rings is 3. The van der Waals surface area contributed by atoms with Crippen molar-refractivity contribution in [3.63, 3.8) is 0 Å². The zero-order valence-corrected chi connectivity index (χ0v) is 24.2. The Bertz CT molecular complexity index is 1600. The molecule has 5 rings (SSSR count). The topological polar surface area (TPSA) is 73.7 Å². The summed E-state index contributed by atoms with van der Waals surface area (Å²) in [5.74, 6) is -1.48. The largest absolute Gasteiger partial charge is 0.503 e. The average Bonchev–Trinajstić information content (AvgIpc) is 3.48. The van der Waals surface area contributed by atoms with Crippen LogP contribution in [0, 0.1) is 20.8 Å². The Balaban J connectivity index is 1.64. The van der Waals surface area contributed by atoms with Gasteiger partial charge < -0.3 is 10.0 Å². The molecule has 1 N–H and O–H groups in total. The van der Waals surface area contributed by atoms with Crippen LogP contribution in [0.15, 0.2) is 84.1 Å². The van der Waals surface area contributed by atoms with Crippen molar-refractivity contribution in [3.8, 4) is 10.6 Å². The third-order valence-corrected chi connectivity index (χ3v) is 8.85. The van der Waals surface area contributed by atoms with Gasteiger partial charge in [-0.1, -0.05) is 54.6 Å². The number of aliphatic hydroxyl groups excluding tert-OH is 1. The number of aromatic nitrogens is 1. The first kappa shape index (κ1) is 27.3. The lowest BCUT2D eigenvalue weighted by atomic mass is 9.94. The van der Waals surface area contributed by atoms with E-state index in [0.29, 0.717) is 16.3 Å². The van der Waals surface area contributed by atoms with Crippen LogP contribution in [-0.2, 0) is 4.79 Å². The molecule has 1 amide bonds. The number of hydrogen-bond acceptors (Lipinski definition) is 6. The summed E-state index contributed by atoms with van der Waals surface area (Å²) in [7, 11) is 0. The second-order valence-electron chi connectivity index (χ2n) is 9.95. The fourth-order valence-corrected chi connectivity index (χ4v) is 6.31. The zero-order chi connectivity index (χ0) is 28.6. The van der Waals surface area contributed by atoms with Crippen LogP contribution in [0.4, 0.5) is 11.4 Å². The Morgan fingerprint density at radius 3 is 2.27 bits per heavy atom. The molecule has 0 saturated carbocycles. The zero-order valence-electron chi connectivity index (χ0n) is 23.4. The average molecular weight is 552 g/mol. The lowest BCUT2D eigenvalue weighted by Crippen LogP contribution is -2.32. The molecule has 0 aliphatic carbocycles. The summed E-state index contributed by atoms with van der Waals surface area (Å²) in [4.78, 5) is 36.8. The molecule has 1 aliphatic rings. The fourth-order valence-electron chi connectivity index (χ4n) is 5.29. The molecular formula is C33H33N3O3S. The molecule has 0 fully saturated rings. The number of thiazole rings is 1. The molecule has 40 heavy (non-hydrogen) atoms. The van der Waals surface area contributed by atoms with E-state index >= 15 is 0 Å². The Labute approximate surface area is 239 Å². The van der Waals surface area contributed by atoms with E-state index in [0.717, 1.165) is 46.0 Å². The van der Waals surface area contributed by atoms with Crippen molar-refractivity contribution >= 4 is 34.4 Å². The molecule has 204 valence electrons. The van der Waals surface area contributed by atoms with Crippen molar-refractivity contribution in [3.05, 3.63) is 111 Å². The molecular weight excluding hydrogens is 518 g/mol. The molecule has 0 spiro atoms. The van der Waals surface area contributed by atoms with Crippen LogP contribution in [0.25, 0.3) is 10.6 Å². The third kappa shape index (κ3) is 4.71. The quantitative estimate of drug-likeness (QED) is 0.232. The number of amides is 1. The van der Waals surface area contributed by atoms with Crippen LogP contribution in [0.2, 0.25) is 0 Å². The highest BCUT2D eigenvalue weighted by molar-refractivity contribution is 7.17. The van der Waals surface area contributed by atoms with Gasteiger partial charge in [-0.05, 0) is 69.5 Å². The first-order valence-corrected chi connectivity index (χ1v) is 14.3. The number of anilines is 2. The van der Waals surface area contributed by atoms with Gasteiger partial charge in [0.25, 0.3) is 5.91 Å². The molecule has 1 aliphatic heterocycles. The van der Waals surface area contributed by atoms with E-state index in [9.17, 15) is 14.7 Å². The lowest BCUT2D eigenvalue weighted by Gasteiger charge is -2.29. The standard InChI is InChI=1S/C33H33N3O3S/c1-6-35(7-2)25-18-16-23(17-19-25)28-27(30(38)33(39)36(28)26-15-11-12-20(3)21(26)4)29(37)31-22(5)34-32(40-31)24-13-9-8-10-14-24/h8-19,28,38H,6-7H2,1-5H3. The summed E-state index contributed by atoms with van der Waals surface area (Å²) < 4.78 is 0. The SMILES string of the molecule is CCN(CC)c1ccc(C2C(C(=O)c3sc(-c4ccccc4)nc3C)=C(O)C(=O)N2c2cccc(C)c2C)cc1. The summed E-state index contributed by atoms with van der Waals surface area (Å²) >= 11 is 1.28. The molecule has 6 nitrogen and oxygen atoms in total. The molecule has 1 unspecified atom stereocenters. The van der Waals surface area contributed by atoms with Crippen molar-refractivity contribution in [2.45, 2.75) is 40.7 Å². The van der Waals surface area contributed by atoms with Gasteiger partial charge >= 0.3 is 0 Å². The summed E-state index contributed by atoms with van der Waals surface area (Å²) in [5, 5.41) is 12.0. The number of Topliss-reactive ketones (excluding diaryl/α,β-unsaturated/α-hetero) is 1. The normalized spacial score (nSPS) is 15.2. The van der Waals surface area contributed by atoms with Gasteiger partial charge in [-0.15, -0.1) is 11.3 Å². The maximum absolute atomic E-state index is 14.2. The molecule has 0 bridgehead atoms. The van der Waals surface area contributed by atoms with Crippen LogP contribution >= 0.6 is 11.3 Å². The summed E-state index contributed by atoms with van der Waals surface area (Å²) in [6.45, 7) is 11.7. The summed E-state index contributed by atoms with van der Waals surface area (Å²) in [6.07, 6.45) is 0. The Hall–Kier alpha value is -4.23. The smallest absolute Gasteiger partial charge is 0.294 e. The Kier molecular flexibility index (Phi) is 7.59.